The van der Waals surface area contributed by atoms with Crippen molar-refractivity contribution in [1.29, 1.82) is 0 Å². The van der Waals surface area contributed by atoms with E-state index < -0.39 is 0 Å². The van der Waals surface area contributed by atoms with E-state index in [1.54, 1.807) is 6.26 Å². The van der Waals surface area contributed by atoms with Crippen LogP contribution in [0, 0.1) is 13.8 Å². The molecule has 1 amide bonds. The average molecular weight is 368 g/mol. The number of oxazole rings is 1. The molecule has 0 bridgehead atoms. The highest BCUT2D eigenvalue weighted by Crippen LogP contribution is 2.25. The maximum atomic E-state index is 12.3. The highest BCUT2D eigenvalue weighted by atomic mass is 35.5. The second-order valence-electron chi connectivity index (χ2n) is 5.80. The molecule has 0 saturated carbocycles. The zero-order valence-corrected chi connectivity index (χ0v) is 15.4. The molecule has 7 heteroatoms. The van der Waals surface area contributed by atoms with E-state index in [0.29, 0.717) is 12.3 Å². The van der Waals surface area contributed by atoms with Crippen LogP contribution >= 0.6 is 24.2 Å². The minimum absolute atomic E-state index is 0. The molecule has 0 spiro atoms. The lowest BCUT2D eigenvalue weighted by molar-refractivity contribution is -0.116. The second-order valence-corrected chi connectivity index (χ2v) is 6.95. The van der Waals surface area contributed by atoms with E-state index in [1.807, 2.05) is 43.8 Å². The Morgan fingerprint density at radius 3 is 2.96 bits per heavy atom. The quantitative estimate of drug-likeness (QED) is 0.866. The third kappa shape index (κ3) is 4.75. The summed E-state index contributed by atoms with van der Waals surface area (Å²) in [5, 5.41) is 6.40. The van der Waals surface area contributed by atoms with Gasteiger partial charge in [0.1, 0.15) is 6.26 Å². The molecule has 1 aromatic heterocycles. The van der Waals surface area contributed by atoms with Gasteiger partial charge >= 0.3 is 0 Å². The number of halogens is 1. The summed E-state index contributed by atoms with van der Waals surface area (Å²) in [6.07, 6.45) is 2.12. The van der Waals surface area contributed by atoms with Gasteiger partial charge in [0.25, 0.3) is 0 Å². The zero-order chi connectivity index (χ0) is 16.2. The van der Waals surface area contributed by atoms with E-state index in [-0.39, 0.29) is 24.4 Å². The number of anilines is 1. The highest BCUT2D eigenvalue weighted by molar-refractivity contribution is 7.99. The van der Waals surface area contributed by atoms with Crippen molar-refractivity contribution in [2.24, 2.45) is 0 Å². The summed E-state index contributed by atoms with van der Waals surface area (Å²) in [7, 11) is 0. The summed E-state index contributed by atoms with van der Waals surface area (Å²) in [6.45, 7) is 4.84. The Bertz CT molecular complexity index is 699. The van der Waals surface area contributed by atoms with E-state index in [4.69, 9.17) is 4.42 Å². The number of thioether (sulfide) groups is 1. The Morgan fingerprint density at radius 1 is 1.46 bits per heavy atom. The number of amides is 1. The van der Waals surface area contributed by atoms with Crippen LogP contribution in [0.5, 0.6) is 0 Å². The minimum Gasteiger partial charge on any atom is -0.444 e. The predicted molar refractivity (Wildman–Crippen MR) is 101 cm³/mol. The number of nitrogens with one attached hydrogen (secondary N) is 2. The Hall–Kier alpha value is -1.50. The van der Waals surface area contributed by atoms with Gasteiger partial charge < -0.3 is 15.1 Å². The lowest BCUT2D eigenvalue weighted by Crippen LogP contribution is -2.39. The van der Waals surface area contributed by atoms with Crippen molar-refractivity contribution in [2.75, 3.05) is 23.4 Å². The van der Waals surface area contributed by atoms with Crippen LogP contribution in [-0.2, 0) is 4.79 Å². The molecule has 2 aromatic rings. The van der Waals surface area contributed by atoms with Crippen molar-refractivity contribution in [2.45, 2.75) is 26.3 Å². The van der Waals surface area contributed by atoms with Crippen molar-refractivity contribution in [3.05, 3.63) is 35.7 Å². The van der Waals surface area contributed by atoms with Gasteiger partial charge in [-0.15, -0.1) is 12.4 Å². The number of carbonyl (C=O) groups is 1. The summed E-state index contributed by atoms with van der Waals surface area (Å²) < 4.78 is 5.44. The van der Waals surface area contributed by atoms with Gasteiger partial charge in [-0.05, 0) is 31.5 Å². The molecular formula is C17H22ClN3O2S. The molecule has 3 rings (SSSR count). The van der Waals surface area contributed by atoms with Crippen LogP contribution in [0.3, 0.4) is 0 Å². The molecule has 0 radical (unpaired) electrons. The smallest absolute Gasteiger partial charge is 0.226 e. The van der Waals surface area contributed by atoms with Crippen molar-refractivity contribution >= 4 is 35.8 Å². The molecule has 2 N–H and O–H groups in total. The van der Waals surface area contributed by atoms with Gasteiger partial charge in [-0.25, -0.2) is 4.98 Å². The lowest BCUT2D eigenvalue weighted by Gasteiger charge is -2.22. The van der Waals surface area contributed by atoms with E-state index >= 15 is 0 Å². The average Bonchev–Trinajstić information content (AvgIpc) is 2.97. The van der Waals surface area contributed by atoms with Crippen LogP contribution in [0.25, 0.3) is 11.5 Å². The summed E-state index contributed by atoms with van der Waals surface area (Å²) in [5.41, 5.74) is 3.54. The molecule has 1 saturated heterocycles. The first-order chi connectivity index (χ1) is 11.1. The molecule has 24 heavy (non-hydrogen) atoms. The van der Waals surface area contributed by atoms with E-state index in [0.717, 1.165) is 40.6 Å². The van der Waals surface area contributed by atoms with Crippen molar-refractivity contribution in [3.63, 3.8) is 0 Å². The topological polar surface area (TPSA) is 67.2 Å². The molecule has 130 valence electrons. The van der Waals surface area contributed by atoms with Gasteiger partial charge in [-0.1, -0.05) is 6.07 Å². The monoisotopic (exact) mass is 367 g/mol. The standard InChI is InChI=1S/C17H21N3O2S.ClH/c1-11-3-4-13(17-19-12(2)9-22-17)7-15(11)20-16(21)8-14-10-23-6-5-18-14;/h3-4,7,9,14,18H,5-6,8,10H2,1-2H3,(H,20,21);1H. The molecule has 1 fully saturated rings. The van der Waals surface area contributed by atoms with Crippen LogP contribution in [0.4, 0.5) is 5.69 Å². The van der Waals surface area contributed by atoms with Gasteiger partial charge in [0.2, 0.25) is 11.8 Å². The van der Waals surface area contributed by atoms with Crippen LogP contribution in [0.15, 0.2) is 28.9 Å². The summed E-state index contributed by atoms with van der Waals surface area (Å²) >= 11 is 1.89. The fourth-order valence-electron chi connectivity index (χ4n) is 2.55. The Labute approximate surface area is 152 Å². The van der Waals surface area contributed by atoms with Gasteiger partial charge in [-0.2, -0.15) is 11.8 Å². The zero-order valence-electron chi connectivity index (χ0n) is 13.8. The number of aryl methyl sites for hydroxylation is 2. The largest absolute Gasteiger partial charge is 0.444 e. The van der Waals surface area contributed by atoms with Crippen molar-refractivity contribution in [3.8, 4) is 11.5 Å². The van der Waals surface area contributed by atoms with Crippen LogP contribution in [0.2, 0.25) is 0 Å². The lowest BCUT2D eigenvalue weighted by atomic mass is 10.1. The maximum absolute atomic E-state index is 12.3. The molecule has 1 aliphatic heterocycles. The molecule has 1 aliphatic rings. The first-order valence-electron chi connectivity index (χ1n) is 7.76. The SMILES string of the molecule is Cc1coc(-c2ccc(C)c(NC(=O)CC3CSCCN3)c2)n1.Cl. The summed E-state index contributed by atoms with van der Waals surface area (Å²) in [4.78, 5) is 16.6. The van der Waals surface area contributed by atoms with Crippen molar-refractivity contribution < 1.29 is 9.21 Å². The summed E-state index contributed by atoms with van der Waals surface area (Å²) in [5.74, 6) is 2.72. The Kier molecular flexibility index (Phi) is 6.71. The molecule has 1 atom stereocenters. The number of rotatable bonds is 4. The number of aromatic nitrogens is 1. The molecule has 0 aliphatic carbocycles. The van der Waals surface area contributed by atoms with Crippen LogP contribution < -0.4 is 10.6 Å². The molecular weight excluding hydrogens is 346 g/mol. The molecule has 5 nitrogen and oxygen atoms in total. The molecule has 1 aromatic carbocycles. The first kappa shape index (κ1) is 18.8. The second kappa shape index (κ2) is 8.55. The van der Waals surface area contributed by atoms with E-state index in [2.05, 4.69) is 15.6 Å². The normalized spacial score (nSPS) is 17.2. The van der Waals surface area contributed by atoms with Gasteiger partial charge in [0.05, 0.1) is 5.69 Å². The maximum Gasteiger partial charge on any atom is 0.226 e. The number of nitrogens with zero attached hydrogens (tertiary/aromatic N) is 1. The first-order valence-corrected chi connectivity index (χ1v) is 8.91. The number of carbonyl (C=O) groups excluding carboxylic acids is 1. The Morgan fingerprint density at radius 2 is 2.29 bits per heavy atom. The minimum atomic E-state index is 0. The fraction of sp³-hybridized carbons (Fsp3) is 0.412. The number of benzene rings is 1. The van der Waals surface area contributed by atoms with Gasteiger partial charge in [0.15, 0.2) is 0 Å². The third-order valence-electron chi connectivity index (χ3n) is 3.81. The van der Waals surface area contributed by atoms with Crippen LogP contribution in [0.1, 0.15) is 17.7 Å². The van der Waals surface area contributed by atoms with Crippen LogP contribution in [-0.4, -0.2) is 35.0 Å². The van der Waals surface area contributed by atoms with Crippen molar-refractivity contribution in [1.82, 2.24) is 10.3 Å². The molecule has 2 heterocycles. The Balaban J connectivity index is 0.00000208. The van der Waals surface area contributed by atoms with E-state index in [9.17, 15) is 4.79 Å². The third-order valence-corrected chi connectivity index (χ3v) is 4.94. The predicted octanol–water partition coefficient (Wildman–Crippen LogP) is 3.41. The highest BCUT2D eigenvalue weighted by Gasteiger charge is 2.17. The van der Waals surface area contributed by atoms with Gasteiger partial charge in [-0.3, -0.25) is 4.79 Å². The van der Waals surface area contributed by atoms with Gasteiger partial charge in [0, 0.05) is 41.8 Å². The molecule has 1 unspecified atom stereocenters. The number of hydrogen-bond donors (Lipinski definition) is 2. The summed E-state index contributed by atoms with van der Waals surface area (Å²) in [6, 6.07) is 6.10. The fourth-order valence-corrected chi connectivity index (χ4v) is 3.50. The van der Waals surface area contributed by atoms with E-state index in [1.165, 1.54) is 0 Å². The number of hydrogen-bond acceptors (Lipinski definition) is 5.